The highest BCUT2D eigenvalue weighted by Gasteiger charge is 2.45. The van der Waals surface area contributed by atoms with Crippen molar-refractivity contribution in [1.29, 1.82) is 0 Å². The Bertz CT molecular complexity index is 978. The normalized spacial score (nSPS) is 18.9. The Kier molecular flexibility index (Phi) is 4.16. The van der Waals surface area contributed by atoms with Gasteiger partial charge in [0, 0.05) is 11.6 Å². The minimum absolute atomic E-state index is 0.293. The van der Waals surface area contributed by atoms with E-state index < -0.39 is 17.9 Å². The molecule has 0 radical (unpaired) electrons. The Hall–Kier alpha value is -3.54. The van der Waals surface area contributed by atoms with Crippen LogP contribution in [0, 0.1) is 0 Å². The summed E-state index contributed by atoms with van der Waals surface area (Å²) in [5.74, 6) is -1.28. The second kappa shape index (κ2) is 6.64. The van der Waals surface area contributed by atoms with Crippen LogP contribution in [0.15, 0.2) is 71.3 Å². The SMILES string of the molecule is COc1ccc([C@@H]2[C@@H](C(=O)O)c3ccccc3C(=O)N2c2ccco2)cc1. The molecule has 136 valence electrons. The number of rotatable bonds is 4. The Morgan fingerprint density at radius 2 is 1.81 bits per heavy atom. The molecule has 1 aliphatic heterocycles. The standard InChI is InChI=1S/C21H17NO5/c1-26-14-10-8-13(9-11-14)19-18(21(24)25)15-5-2-3-6-16(15)20(23)22(19)17-7-4-12-27-17/h2-12,18-19H,1H3,(H,24,25)/t18-,19+/m0/s1. The molecule has 2 heterocycles. The van der Waals surface area contributed by atoms with Crippen molar-refractivity contribution in [3.63, 3.8) is 0 Å². The van der Waals surface area contributed by atoms with E-state index in [-0.39, 0.29) is 5.91 Å². The summed E-state index contributed by atoms with van der Waals surface area (Å²) >= 11 is 0. The van der Waals surface area contributed by atoms with Crippen LogP contribution in [0.2, 0.25) is 0 Å². The Morgan fingerprint density at radius 3 is 2.44 bits per heavy atom. The summed E-state index contributed by atoms with van der Waals surface area (Å²) in [7, 11) is 1.56. The molecule has 0 bridgehead atoms. The smallest absolute Gasteiger partial charge is 0.313 e. The molecule has 1 amide bonds. The topological polar surface area (TPSA) is 80.0 Å². The number of anilines is 1. The minimum Gasteiger partial charge on any atom is -0.497 e. The molecular weight excluding hydrogens is 346 g/mol. The van der Waals surface area contributed by atoms with Crippen LogP contribution in [0.25, 0.3) is 0 Å². The molecular formula is C21H17NO5. The highest BCUT2D eigenvalue weighted by molar-refractivity contribution is 6.10. The molecule has 0 fully saturated rings. The molecule has 3 aromatic rings. The average Bonchev–Trinajstić information content (AvgIpc) is 3.22. The second-order valence-electron chi connectivity index (χ2n) is 6.25. The summed E-state index contributed by atoms with van der Waals surface area (Å²) in [6.07, 6.45) is 1.46. The highest BCUT2D eigenvalue weighted by atomic mass is 16.5. The number of nitrogens with zero attached hydrogens (tertiary/aromatic N) is 1. The van der Waals surface area contributed by atoms with Gasteiger partial charge in [-0.15, -0.1) is 0 Å². The van der Waals surface area contributed by atoms with Gasteiger partial charge in [-0.25, -0.2) is 0 Å². The zero-order valence-corrected chi connectivity index (χ0v) is 14.5. The van der Waals surface area contributed by atoms with E-state index >= 15 is 0 Å². The number of hydrogen-bond donors (Lipinski definition) is 1. The van der Waals surface area contributed by atoms with E-state index in [9.17, 15) is 14.7 Å². The zero-order chi connectivity index (χ0) is 19.0. The number of fused-ring (bicyclic) bond motifs is 1. The number of aliphatic carboxylic acids is 1. The Balaban J connectivity index is 1.94. The van der Waals surface area contributed by atoms with Crippen LogP contribution in [0.1, 0.15) is 33.4 Å². The van der Waals surface area contributed by atoms with Crippen molar-refractivity contribution >= 4 is 17.8 Å². The summed E-state index contributed by atoms with van der Waals surface area (Å²) < 4.78 is 10.7. The fourth-order valence-corrected chi connectivity index (χ4v) is 3.59. The van der Waals surface area contributed by atoms with Crippen molar-refractivity contribution in [1.82, 2.24) is 0 Å². The molecule has 4 rings (SSSR count). The van der Waals surface area contributed by atoms with Gasteiger partial charge in [0.05, 0.1) is 19.4 Å². The van der Waals surface area contributed by atoms with Gasteiger partial charge < -0.3 is 14.3 Å². The number of carboxylic acids is 1. The first-order chi connectivity index (χ1) is 13.1. The number of carboxylic acid groups (broad SMARTS) is 1. The third-order valence-corrected chi connectivity index (χ3v) is 4.81. The monoisotopic (exact) mass is 363 g/mol. The zero-order valence-electron chi connectivity index (χ0n) is 14.5. The van der Waals surface area contributed by atoms with Gasteiger partial charge in [0.2, 0.25) is 5.88 Å². The molecule has 6 heteroatoms. The van der Waals surface area contributed by atoms with E-state index in [1.807, 2.05) is 0 Å². The number of furan rings is 1. The fraction of sp³-hybridized carbons (Fsp3) is 0.143. The van der Waals surface area contributed by atoms with Crippen LogP contribution >= 0.6 is 0 Å². The maximum absolute atomic E-state index is 13.2. The molecule has 0 aliphatic carbocycles. The van der Waals surface area contributed by atoms with Crippen LogP contribution in [0.3, 0.4) is 0 Å². The van der Waals surface area contributed by atoms with Gasteiger partial charge >= 0.3 is 5.97 Å². The van der Waals surface area contributed by atoms with Crippen molar-refractivity contribution in [3.05, 3.63) is 83.6 Å². The molecule has 27 heavy (non-hydrogen) atoms. The number of hydrogen-bond acceptors (Lipinski definition) is 4. The summed E-state index contributed by atoms with van der Waals surface area (Å²) in [6, 6.07) is 16.4. The van der Waals surface area contributed by atoms with Crippen molar-refractivity contribution in [3.8, 4) is 5.75 Å². The lowest BCUT2D eigenvalue weighted by Crippen LogP contribution is -2.45. The number of carbonyl (C=O) groups excluding carboxylic acids is 1. The molecule has 0 saturated carbocycles. The number of ether oxygens (including phenoxy) is 1. The van der Waals surface area contributed by atoms with Gasteiger partial charge in [0.15, 0.2) is 0 Å². The first-order valence-corrected chi connectivity index (χ1v) is 8.44. The van der Waals surface area contributed by atoms with Crippen LogP contribution < -0.4 is 9.64 Å². The van der Waals surface area contributed by atoms with Crippen molar-refractivity contribution in [2.45, 2.75) is 12.0 Å². The number of amides is 1. The summed E-state index contributed by atoms with van der Waals surface area (Å²) in [6.45, 7) is 0. The van der Waals surface area contributed by atoms with Gasteiger partial charge in [-0.3, -0.25) is 14.5 Å². The number of benzene rings is 2. The molecule has 2 atom stereocenters. The van der Waals surface area contributed by atoms with E-state index in [2.05, 4.69) is 0 Å². The van der Waals surface area contributed by atoms with Crippen molar-refractivity contribution in [2.75, 3.05) is 12.0 Å². The maximum atomic E-state index is 13.2. The summed E-state index contributed by atoms with van der Waals surface area (Å²) in [4.78, 5) is 26.9. The molecule has 2 aromatic carbocycles. The fourth-order valence-electron chi connectivity index (χ4n) is 3.59. The molecule has 6 nitrogen and oxygen atoms in total. The minimum atomic E-state index is -1.01. The molecule has 0 unspecified atom stereocenters. The maximum Gasteiger partial charge on any atom is 0.313 e. The number of carbonyl (C=O) groups is 2. The molecule has 1 aliphatic rings. The third kappa shape index (κ3) is 2.75. The van der Waals surface area contributed by atoms with Crippen molar-refractivity contribution < 1.29 is 23.8 Å². The van der Waals surface area contributed by atoms with E-state index in [0.717, 1.165) is 0 Å². The summed E-state index contributed by atoms with van der Waals surface area (Å²) in [5.41, 5.74) is 1.55. The van der Waals surface area contributed by atoms with Gasteiger partial charge in [-0.05, 0) is 35.4 Å². The van der Waals surface area contributed by atoms with Crippen LogP contribution in [0.4, 0.5) is 5.88 Å². The van der Waals surface area contributed by atoms with Gasteiger partial charge in [0.1, 0.15) is 11.7 Å². The van der Waals surface area contributed by atoms with E-state index in [0.29, 0.717) is 28.3 Å². The van der Waals surface area contributed by atoms with Crippen LogP contribution in [-0.4, -0.2) is 24.1 Å². The molecule has 1 aromatic heterocycles. The van der Waals surface area contributed by atoms with Gasteiger partial charge in [-0.2, -0.15) is 0 Å². The Morgan fingerprint density at radius 1 is 1.07 bits per heavy atom. The van der Waals surface area contributed by atoms with E-state index in [1.165, 1.54) is 11.2 Å². The third-order valence-electron chi connectivity index (χ3n) is 4.81. The Labute approximate surface area is 155 Å². The van der Waals surface area contributed by atoms with E-state index in [1.54, 1.807) is 67.8 Å². The summed E-state index contributed by atoms with van der Waals surface area (Å²) in [5, 5.41) is 10.0. The predicted octanol–water partition coefficient (Wildman–Crippen LogP) is 3.86. The highest BCUT2D eigenvalue weighted by Crippen LogP contribution is 2.45. The van der Waals surface area contributed by atoms with Crippen molar-refractivity contribution in [2.24, 2.45) is 0 Å². The molecule has 0 spiro atoms. The largest absolute Gasteiger partial charge is 0.497 e. The average molecular weight is 363 g/mol. The quantitative estimate of drug-likeness (QED) is 0.761. The molecule has 1 N–H and O–H groups in total. The lowest BCUT2D eigenvalue weighted by molar-refractivity contribution is -0.139. The van der Waals surface area contributed by atoms with E-state index in [4.69, 9.17) is 9.15 Å². The van der Waals surface area contributed by atoms with Crippen LogP contribution in [0.5, 0.6) is 5.75 Å². The predicted molar refractivity (Wildman–Crippen MR) is 98.1 cm³/mol. The van der Waals surface area contributed by atoms with Gasteiger partial charge in [0.25, 0.3) is 5.91 Å². The van der Waals surface area contributed by atoms with Gasteiger partial charge in [-0.1, -0.05) is 30.3 Å². The molecule has 0 saturated heterocycles. The lowest BCUT2D eigenvalue weighted by Gasteiger charge is -2.39. The van der Waals surface area contributed by atoms with Crippen LogP contribution in [-0.2, 0) is 4.79 Å². The number of methoxy groups -OCH3 is 1. The second-order valence-corrected chi connectivity index (χ2v) is 6.25. The first-order valence-electron chi connectivity index (χ1n) is 8.44. The first kappa shape index (κ1) is 16.9. The lowest BCUT2D eigenvalue weighted by atomic mass is 9.80.